The molecule has 0 saturated carbocycles. The second-order valence-electron chi connectivity index (χ2n) is 5.10. The Labute approximate surface area is 108 Å². The van der Waals surface area contributed by atoms with Crippen molar-refractivity contribution < 1.29 is 13.5 Å². The average molecular weight is 269 g/mol. The van der Waals surface area contributed by atoms with Crippen molar-refractivity contribution in [2.75, 3.05) is 24.2 Å². The van der Waals surface area contributed by atoms with Crippen LogP contribution in [-0.2, 0) is 9.84 Å². The lowest BCUT2D eigenvalue weighted by Gasteiger charge is -2.48. The summed E-state index contributed by atoms with van der Waals surface area (Å²) in [4.78, 5) is 2.39. The quantitative estimate of drug-likeness (QED) is 0.898. The summed E-state index contributed by atoms with van der Waals surface area (Å²) in [5.74, 6) is 0. The second kappa shape index (κ2) is 4.55. The van der Waals surface area contributed by atoms with E-state index in [1.165, 1.54) is 6.26 Å². The molecule has 1 aliphatic heterocycles. The molecule has 0 unspecified atom stereocenters. The van der Waals surface area contributed by atoms with Crippen LogP contribution < -0.4 is 4.90 Å². The molecule has 4 nitrogen and oxygen atoms in total. The van der Waals surface area contributed by atoms with Gasteiger partial charge in [-0.2, -0.15) is 0 Å². The molecule has 0 amide bonds. The Morgan fingerprint density at radius 2 is 1.83 bits per heavy atom. The van der Waals surface area contributed by atoms with Gasteiger partial charge >= 0.3 is 0 Å². The summed E-state index contributed by atoms with van der Waals surface area (Å²) < 4.78 is 22.7. The highest BCUT2D eigenvalue weighted by molar-refractivity contribution is 7.90. The highest BCUT2D eigenvalue weighted by Crippen LogP contribution is 2.31. The van der Waals surface area contributed by atoms with E-state index in [1.54, 1.807) is 24.3 Å². The van der Waals surface area contributed by atoms with E-state index in [4.69, 9.17) is 0 Å². The summed E-state index contributed by atoms with van der Waals surface area (Å²) in [5, 5.41) is 10.1. The number of hydrogen-bond donors (Lipinski definition) is 1. The first-order valence-corrected chi connectivity index (χ1v) is 8.01. The van der Waals surface area contributed by atoms with Gasteiger partial charge in [0.15, 0.2) is 9.84 Å². The van der Waals surface area contributed by atoms with Crippen molar-refractivity contribution in [2.45, 2.75) is 30.3 Å². The van der Waals surface area contributed by atoms with Gasteiger partial charge in [0.2, 0.25) is 0 Å². The van der Waals surface area contributed by atoms with Crippen molar-refractivity contribution in [3.05, 3.63) is 24.3 Å². The number of sulfone groups is 1. The summed E-state index contributed by atoms with van der Waals surface area (Å²) in [6.45, 7) is 3.31. The van der Waals surface area contributed by atoms with Gasteiger partial charge < -0.3 is 10.0 Å². The molecule has 1 fully saturated rings. The first kappa shape index (κ1) is 13.4. The molecule has 0 radical (unpaired) electrons. The zero-order chi connectivity index (χ0) is 13.4. The standard InChI is InChI=1S/C13H19NO3S/c1-3-8-13(15)9-14(10-13)11-4-6-12(7-5-11)18(2,16)17/h4-7,15H,3,8-10H2,1-2H3. The maximum Gasteiger partial charge on any atom is 0.175 e. The van der Waals surface area contributed by atoms with Crippen LogP contribution in [0.5, 0.6) is 0 Å². The first-order chi connectivity index (χ1) is 8.34. The molecule has 1 aromatic rings. The van der Waals surface area contributed by atoms with E-state index < -0.39 is 15.4 Å². The van der Waals surface area contributed by atoms with E-state index in [0.29, 0.717) is 18.0 Å². The van der Waals surface area contributed by atoms with Crippen LogP contribution in [0.2, 0.25) is 0 Å². The molecule has 100 valence electrons. The predicted molar refractivity (Wildman–Crippen MR) is 71.6 cm³/mol. The van der Waals surface area contributed by atoms with Crippen molar-refractivity contribution in [2.24, 2.45) is 0 Å². The molecule has 5 heteroatoms. The van der Waals surface area contributed by atoms with E-state index in [-0.39, 0.29) is 0 Å². The molecule has 2 rings (SSSR count). The SMILES string of the molecule is CCCC1(O)CN(c2ccc(S(C)(=O)=O)cc2)C1. The van der Waals surface area contributed by atoms with Gasteiger partial charge in [-0.25, -0.2) is 8.42 Å². The molecule has 18 heavy (non-hydrogen) atoms. The number of anilines is 1. The third kappa shape index (κ3) is 2.67. The van der Waals surface area contributed by atoms with Crippen LogP contribution in [0.1, 0.15) is 19.8 Å². The highest BCUT2D eigenvalue weighted by atomic mass is 32.2. The van der Waals surface area contributed by atoms with Gasteiger partial charge in [-0.1, -0.05) is 13.3 Å². The minimum atomic E-state index is -3.13. The van der Waals surface area contributed by atoms with Crippen LogP contribution in [0.15, 0.2) is 29.2 Å². The van der Waals surface area contributed by atoms with Gasteiger partial charge in [-0.05, 0) is 30.7 Å². The minimum Gasteiger partial charge on any atom is -0.386 e. The third-order valence-corrected chi connectivity index (χ3v) is 4.44. The maximum atomic E-state index is 11.3. The van der Waals surface area contributed by atoms with Gasteiger partial charge in [0.25, 0.3) is 0 Å². The van der Waals surface area contributed by atoms with Gasteiger partial charge in [0.05, 0.1) is 10.5 Å². The molecule has 1 saturated heterocycles. The minimum absolute atomic E-state index is 0.329. The summed E-state index contributed by atoms with van der Waals surface area (Å²) >= 11 is 0. The highest BCUT2D eigenvalue weighted by Gasteiger charge is 2.40. The van der Waals surface area contributed by atoms with Gasteiger partial charge in [0, 0.05) is 25.0 Å². The lowest BCUT2D eigenvalue weighted by molar-refractivity contribution is 0.00339. The van der Waals surface area contributed by atoms with Crippen LogP contribution in [0, 0.1) is 0 Å². The number of hydrogen-bond acceptors (Lipinski definition) is 4. The van der Waals surface area contributed by atoms with Crippen LogP contribution in [0.25, 0.3) is 0 Å². The molecule has 1 aromatic carbocycles. The average Bonchev–Trinajstić information content (AvgIpc) is 2.25. The Hall–Kier alpha value is -1.07. The van der Waals surface area contributed by atoms with E-state index in [2.05, 4.69) is 11.8 Å². The molecular formula is C13H19NO3S. The number of rotatable bonds is 4. The smallest absolute Gasteiger partial charge is 0.175 e. The van der Waals surface area contributed by atoms with Crippen molar-refractivity contribution in [1.29, 1.82) is 0 Å². The van der Waals surface area contributed by atoms with Gasteiger partial charge in [0.1, 0.15) is 0 Å². The molecule has 0 spiro atoms. The summed E-state index contributed by atoms with van der Waals surface area (Å²) in [6.07, 6.45) is 2.98. The monoisotopic (exact) mass is 269 g/mol. The second-order valence-corrected chi connectivity index (χ2v) is 7.11. The number of nitrogens with zero attached hydrogens (tertiary/aromatic N) is 1. The Bertz CT molecular complexity index is 516. The van der Waals surface area contributed by atoms with E-state index in [1.807, 2.05) is 0 Å². The molecule has 0 atom stereocenters. The Morgan fingerprint density at radius 3 is 2.28 bits per heavy atom. The lowest BCUT2D eigenvalue weighted by atomic mass is 9.89. The van der Waals surface area contributed by atoms with Crippen molar-refractivity contribution in [1.82, 2.24) is 0 Å². The Kier molecular flexibility index (Phi) is 3.38. The van der Waals surface area contributed by atoms with Crippen LogP contribution in [0.4, 0.5) is 5.69 Å². The number of benzene rings is 1. The van der Waals surface area contributed by atoms with Crippen LogP contribution in [-0.4, -0.2) is 38.5 Å². The van der Waals surface area contributed by atoms with Crippen molar-refractivity contribution in [3.8, 4) is 0 Å². The Balaban J connectivity index is 2.05. The van der Waals surface area contributed by atoms with E-state index in [9.17, 15) is 13.5 Å². The molecular weight excluding hydrogens is 250 g/mol. The lowest BCUT2D eigenvalue weighted by Crippen LogP contribution is -2.61. The van der Waals surface area contributed by atoms with E-state index in [0.717, 1.165) is 18.5 Å². The molecule has 1 N–H and O–H groups in total. The molecule has 0 bridgehead atoms. The fraction of sp³-hybridized carbons (Fsp3) is 0.538. The predicted octanol–water partition coefficient (Wildman–Crippen LogP) is 1.44. The van der Waals surface area contributed by atoms with E-state index >= 15 is 0 Å². The molecule has 0 aliphatic carbocycles. The zero-order valence-corrected chi connectivity index (χ0v) is 11.6. The molecule has 1 aliphatic rings. The largest absolute Gasteiger partial charge is 0.386 e. The molecule has 1 heterocycles. The van der Waals surface area contributed by atoms with Gasteiger partial charge in [-0.15, -0.1) is 0 Å². The summed E-state index contributed by atoms with van der Waals surface area (Å²) in [5.41, 5.74) is 0.396. The van der Waals surface area contributed by atoms with Crippen LogP contribution >= 0.6 is 0 Å². The summed E-state index contributed by atoms with van der Waals surface area (Å²) in [7, 11) is -3.13. The number of β-amino-alcohol motifs (C(OH)–C–C–N with tert-alkyl or cyclic N) is 1. The number of aliphatic hydroxyl groups is 1. The fourth-order valence-corrected chi connectivity index (χ4v) is 3.00. The van der Waals surface area contributed by atoms with Crippen molar-refractivity contribution >= 4 is 15.5 Å². The first-order valence-electron chi connectivity index (χ1n) is 6.11. The van der Waals surface area contributed by atoms with Crippen molar-refractivity contribution in [3.63, 3.8) is 0 Å². The normalized spacial score (nSPS) is 18.5. The topological polar surface area (TPSA) is 57.6 Å². The van der Waals surface area contributed by atoms with Gasteiger partial charge in [-0.3, -0.25) is 0 Å². The summed E-state index contributed by atoms with van der Waals surface area (Å²) in [6, 6.07) is 6.81. The third-order valence-electron chi connectivity index (χ3n) is 3.32. The van der Waals surface area contributed by atoms with Crippen LogP contribution in [0.3, 0.4) is 0 Å². The maximum absolute atomic E-state index is 11.3. The zero-order valence-electron chi connectivity index (χ0n) is 10.8. The fourth-order valence-electron chi connectivity index (χ4n) is 2.37. The Morgan fingerprint density at radius 1 is 1.28 bits per heavy atom. The molecule has 0 aromatic heterocycles.